The van der Waals surface area contributed by atoms with E-state index in [-0.39, 0.29) is 6.10 Å². The molecule has 0 radical (unpaired) electrons. The fourth-order valence-electron chi connectivity index (χ4n) is 2.05. The van der Waals surface area contributed by atoms with Gasteiger partial charge in [-0.3, -0.25) is 0 Å². The zero-order valence-electron chi connectivity index (χ0n) is 12.1. The molecular formula is C16H20N2OS. The van der Waals surface area contributed by atoms with E-state index >= 15 is 0 Å². The molecule has 0 aliphatic rings. The van der Waals surface area contributed by atoms with E-state index in [0.29, 0.717) is 4.64 Å². The van der Waals surface area contributed by atoms with E-state index in [2.05, 4.69) is 16.9 Å². The smallest absolute Gasteiger partial charge is 0.130 e. The summed E-state index contributed by atoms with van der Waals surface area (Å²) < 4.78 is 6.48. The van der Waals surface area contributed by atoms with E-state index in [1.54, 1.807) is 0 Å². The Hall–Kier alpha value is -1.68. The molecule has 20 heavy (non-hydrogen) atoms. The summed E-state index contributed by atoms with van der Waals surface area (Å²) in [4.78, 5) is 7.72. The number of aromatic nitrogens is 2. The maximum Gasteiger partial charge on any atom is 0.130 e. The van der Waals surface area contributed by atoms with Gasteiger partial charge in [0.2, 0.25) is 0 Å². The summed E-state index contributed by atoms with van der Waals surface area (Å²) >= 11 is 5.26. The third-order valence-corrected chi connectivity index (χ3v) is 3.03. The van der Waals surface area contributed by atoms with Gasteiger partial charge in [0, 0.05) is 12.0 Å². The van der Waals surface area contributed by atoms with Crippen molar-refractivity contribution in [3.8, 4) is 17.0 Å². The minimum absolute atomic E-state index is 0.135. The fourth-order valence-corrected chi connectivity index (χ4v) is 2.28. The molecule has 1 N–H and O–H groups in total. The van der Waals surface area contributed by atoms with Gasteiger partial charge in [-0.1, -0.05) is 31.3 Å². The number of nitrogens with zero attached hydrogens (tertiary/aromatic N) is 1. The molecule has 0 fully saturated rings. The van der Waals surface area contributed by atoms with Crippen LogP contribution in [0.1, 0.15) is 33.0 Å². The molecule has 2 aromatic rings. The van der Waals surface area contributed by atoms with Gasteiger partial charge in [-0.2, -0.15) is 0 Å². The van der Waals surface area contributed by atoms with Crippen molar-refractivity contribution < 1.29 is 4.74 Å². The Labute approximate surface area is 125 Å². The maximum absolute atomic E-state index is 5.87. The molecule has 106 valence electrons. The van der Waals surface area contributed by atoms with Crippen LogP contribution in [0.2, 0.25) is 0 Å². The van der Waals surface area contributed by atoms with Gasteiger partial charge in [-0.25, -0.2) is 4.98 Å². The predicted octanol–water partition coefficient (Wildman–Crippen LogP) is 4.55. The quantitative estimate of drug-likeness (QED) is 0.820. The van der Waals surface area contributed by atoms with Gasteiger partial charge in [0.25, 0.3) is 0 Å². The third-order valence-electron chi connectivity index (χ3n) is 2.82. The summed E-state index contributed by atoms with van der Waals surface area (Å²) in [5.74, 6) is 1.79. The Balaban J connectivity index is 2.48. The van der Waals surface area contributed by atoms with Gasteiger partial charge in [0.1, 0.15) is 16.2 Å². The van der Waals surface area contributed by atoms with Crippen LogP contribution in [0.25, 0.3) is 11.3 Å². The highest BCUT2D eigenvalue weighted by atomic mass is 32.1. The highest BCUT2D eigenvalue weighted by Gasteiger charge is 2.09. The molecule has 0 bridgehead atoms. The summed E-state index contributed by atoms with van der Waals surface area (Å²) in [6.07, 6.45) is 2.06. The Morgan fingerprint density at radius 1 is 1.30 bits per heavy atom. The summed E-state index contributed by atoms with van der Waals surface area (Å²) in [5, 5.41) is 0. The van der Waals surface area contributed by atoms with Gasteiger partial charge in [-0.15, -0.1) is 0 Å². The highest BCUT2D eigenvalue weighted by Crippen LogP contribution is 2.29. The van der Waals surface area contributed by atoms with Crippen LogP contribution in [0.15, 0.2) is 30.3 Å². The van der Waals surface area contributed by atoms with E-state index in [4.69, 9.17) is 17.0 Å². The van der Waals surface area contributed by atoms with Crippen LogP contribution in [-0.4, -0.2) is 16.1 Å². The number of hydrogen-bond acceptors (Lipinski definition) is 3. The molecule has 4 heteroatoms. The largest absolute Gasteiger partial charge is 0.490 e. The van der Waals surface area contributed by atoms with Crippen molar-refractivity contribution in [1.29, 1.82) is 0 Å². The second-order valence-corrected chi connectivity index (χ2v) is 5.41. The zero-order valence-corrected chi connectivity index (χ0v) is 13.0. The Kier molecular flexibility index (Phi) is 4.90. The summed E-state index contributed by atoms with van der Waals surface area (Å²) in [5.41, 5.74) is 1.98. The lowest BCUT2D eigenvalue weighted by atomic mass is 10.1. The number of H-pyrrole nitrogens is 1. The molecule has 0 amide bonds. The number of hydrogen-bond donors (Lipinski definition) is 1. The Bertz CT molecular complexity index is 634. The summed E-state index contributed by atoms with van der Waals surface area (Å²) in [7, 11) is 0. The van der Waals surface area contributed by atoms with Crippen LogP contribution >= 0.6 is 12.2 Å². The van der Waals surface area contributed by atoms with Crippen LogP contribution < -0.4 is 4.74 Å². The van der Waals surface area contributed by atoms with E-state index < -0.39 is 0 Å². The lowest BCUT2D eigenvalue weighted by Gasteiger charge is -2.14. The number of nitrogens with one attached hydrogen (secondary N) is 1. The second kappa shape index (κ2) is 6.66. The van der Waals surface area contributed by atoms with Gasteiger partial charge >= 0.3 is 0 Å². The monoisotopic (exact) mass is 288 g/mol. The molecule has 0 saturated carbocycles. The average molecular weight is 288 g/mol. The van der Waals surface area contributed by atoms with Gasteiger partial charge in [0.15, 0.2) is 0 Å². The predicted molar refractivity (Wildman–Crippen MR) is 84.6 cm³/mol. The minimum atomic E-state index is 0.135. The van der Waals surface area contributed by atoms with E-state index in [0.717, 1.165) is 35.7 Å². The van der Waals surface area contributed by atoms with E-state index in [1.165, 1.54) is 0 Å². The Morgan fingerprint density at radius 3 is 2.75 bits per heavy atom. The zero-order chi connectivity index (χ0) is 14.5. The van der Waals surface area contributed by atoms with Crippen LogP contribution in [0, 0.1) is 4.64 Å². The number of aryl methyl sites for hydroxylation is 1. The SMILES string of the molecule is CCCc1nc(=S)cc(-c2ccccc2OC(C)C)[nH]1. The molecule has 0 saturated heterocycles. The van der Waals surface area contributed by atoms with Crippen molar-refractivity contribution in [1.82, 2.24) is 9.97 Å². The first-order valence-electron chi connectivity index (χ1n) is 6.96. The summed E-state index contributed by atoms with van der Waals surface area (Å²) in [6, 6.07) is 9.88. The first-order valence-corrected chi connectivity index (χ1v) is 7.37. The first-order chi connectivity index (χ1) is 9.60. The molecule has 0 aliphatic carbocycles. The molecular weight excluding hydrogens is 268 g/mol. The average Bonchev–Trinajstić information content (AvgIpc) is 2.38. The molecule has 0 unspecified atom stereocenters. The molecule has 0 aliphatic heterocycles. The number of benzene rings is 1. The van der Waals surface area contributed by atoms with Crippen LogP contribution in [0.3, 0.4) is 0 Å². The Morgan fingerprint density at radius 2 is 2.05 bits per heavy atom. The normalized spacial score (nSPS) is 10.8. The maximum atomic E-state index is 5.87. The molecule has 2 rings (SSSR count). The molecule has 3 nitrogen and oxygen atoms in total. The van der Waals surface area contributed by atoms with Gasteiger partial charge in [-0.05, 0) is 38.5 Å². The third kappa shape index (κ3) is 3.67. The topological polar surface area (TPSA) is 37.9 Å². The van der Waals surface area contributed by atoms with Crippen LogP contribution in [0.4, 0.5) is 0 Å². The van der Waals surface area contributed by atoms with E-state index in [1.807, 2.05) is 44.2 Å². The van der Waals surface area contributed by atoms with Crippen molar-refractivity contribution in [2.24, 2.45) is 0 Å². The van der Waals surface area contributed by atoms with Crippen molar-refractivity contribution >= 4 is 12.2 Å². The second-order valence-electron chi connectivity index (χ2n) is 4.99. The minimum Gasteiger partial charge on any atom is -0.490 e. The van der Waals surface area contributed by atoms with Gasteiger partial charge in [0.05, 0.1) is 11.8 Å². The number of ether oxygens (including phenoxy) is 1. The molecule has 1 aromatic heterocycles. The van der Waals surface area contributed by atoms with Crippen LogP contribution in [0.5, 0.6) is 5.75 Å². The van der Waals surface area contributed by atoms with Crippen LogP contribution in [-0.2, 0) is 6.42 Å². The molecule has 1 heterocycles. The lowest BCUT2D eigenvalue weighted by molar-refractivity contribution is 0.243. The standard InChI is InChI=1S/C16H20N2OS/c1-4-7-15-17-13(10-16(20)18-15)12-8-5-6-9-14(12)19-11(2)3/h5-6,8-11H,4,7H2,1-3H3,(H,17,18,20). The summed E-state index contributed by atoms with van der Waals surface area (Å²) in [6.45, 7) is 6.17. The van der Waals surface area contributed by atoms with Crippen molar-refractivity contribution in [3.05, 3.63) is 40.8 Å². The lowest BCUT2D eigenvalue weighted by Crippen LogP contribution is -2.07. The molecule has 0 spiro atoms. The van der Waals surface area contributed by atoms with Crippen molar-refractivity contribution in [2.75, 3.05) is 0 Å². The van der Waals surface area contributed by atoms with E-state index in [9.17, 15) is 0 Å². The number of rotatable bonds is 5. The van der Waals surface area contributed by atoms with Gasteiger partial charge < -0.3 is 9.72 Å². The van der Waals surface area contributed by atoms with Crippen molar-refractivity contribution in [2.45, 2.75) is 39.7 Å². The highest BCUT2D eigenvalue weighted by molar-refractivity contribution is 7.71. The number of aromatic amines is 1. The fraction of sp³-hybridized carbons (Fsp3) is 0.375. The number of para-hydroxylation sites is 1. The van der Waals surface area contributed by atoms with Crippen molar-refractivity contribution in [3.63, 3.8) is 0 Å². The molecule has 0 atom stereocenters. The molecule has 1 aromatic carbocycles. The first kappa shape index (κ1) is 14.7.